The van der Waals surface area contributed by atoms with E-state index in [1.54, 1.807) is 0 Å². The molecule has 14 heavy (non-hydrogen) atoms. The highest BCUT2D eigenvalue weighted by molar-refractivity contribution is 5.47. The van der Waals surface area contributed by atoms with Crippen molar-refractivity contribution in [1.82, 2.24) is 5.32 Å². The second kappa shape index (κ2) is 3.46. The number of hydrogen-bond acceptors (Lipinski definition) is 3. The van der Waals surface area contributed by atoms with Crippen molar-refractivity contribution in [2.45, 2.75) is 12.5 Å². The molecule has 1 aromatic rings. The summed E-state index contributed by atoms with van der Waals surface area (Å²) in [6.45, 7) is 0.906. The van der Waals surface area contributed by atoms with Crippen molar-refractivity contribution in [2.75, 3.05) is 13.7 Å². The summed E-state index contributed by atoms with van der Waals surface area (Å²) < 4.78 is 18.0. The van der Waals surface area contributed by atoms with Gasteiger partial charge in [-0.25, -0.2) is 4.39 Å². The van der Waals surface area contributed by atoms with Crippen LogP contribution in [0.25, 0.3) is 0 Å². The molecule has 4 heteroatoms. The third kappa shape index (κ3) is 1.42. The van der Waals surface area contributed by atoms with E-state index in [-0.39, 0.29) is 23.4 Å². The van der Waals surface area contributed by atoms with Gasteiger partial charge in [-0.05, 0) is 19.0 Å². The van der Waals surface area contributed by atoms with Gasteiger partial charge in [0.05, 0.1) is 7.11 Å². The molecule has 0 radical (unpaired) electrons. The molecule has 2 rings (SSSR count). The summed E-state index contributed by atoms with van der Waals surface area (Å²) in [4.78, 5) is 0. The molecule has 2 N–H and O–H groups in total. The molecule has 0 bridgehead atoms. The molecule has 0 saturated carbocycles. The topological polar surface area (TPSA) is 41.5 Å². The second-order valence-corrected chi connectivity index (χ2v) is 3.34. The Balaban J connectivity index is 2.41. The van der Waals surface area contributed by atoms with E-state index in [0.29, 0.717) is 5.56 Å². The smallest absolute Gasteiger partial charge is 0.163 e. The Morgan fingerprint density at radius 1 is 1.57 bits per heavy atom. The number of nitrogens with one attached hydrogen (secondary N) is 1. The zero-order chi connectivity index (χ0) is 10.1. The first kappa shape index (κ1) is 9.27. The fourth-order valence-corrected chi connectivity index (χ4v) is 1.57. The van der Waals surface area contributed by atoms with Gasteiger partial charge in [0.2, 0.25) is 0 Å². The lowest BCUT2D eigenvalue weighted by Gasteiger charge is -2.28. The van der Waals surface area contributed by atoms with Crippen LogP contribution in [0.5, 0.6) is 11.5 Å². The predicted molar refractivity (Wildman–Crippen MR) is 50.0 cm³/mol. The first-order valence-corrected chi connectivity index (χ1v) is 4.52. The van der Waals surface area contributed by atoms with Crippen LogP contribution in [0, 0.1) is 5.82 Å². The fourth-order valence-electron chi connectivity index (χ4n) is 1.57. The number of benzene rings is 1. The molecule has 0 spiro atoms. The molecular weight excluding hydrogens is 185 g/mol. The Bertz CT molecular complexity index is 350. The van der Waals surface area contributed by atoms with E-state index >= 15 is 0 Å². The minimum absolute atomic E-state index is 0.0334. The van der Waals surface area contributed by atoms with Crippen LogP contribution in [0.3, 0.4) is 0 Å². The van der Waals surface area contributed by atoms with Crippen LogP contribution in [0.15, 0.2) is 12.1 Å². The van der Waals surface area contributed by atoms with Gasteiger partial charge < -0.3 is 15.2 Å². The lowest BCUT2D eigenvalue weighted by molar-refractivity contribution is 0.338. The molecule has 1 unspecified atom stereocenters. The average Bonchev–Trinajstić information content (AvgIpc) is 2.07. The van der Waals surface area contributed by atoms with Gasteiger partial charge in [0.25, 0.3) is 0 Å². The highest BCUT2D eigenvalue weighted by Gasteiger charge is 2.24. The summed E-state index contributed by atoms with van der Waals surface area (Å²) in [6.07, 6.45) is 0.917. The molecule has 76 valence electrons. The molecule has 1 aromatic carbocycles. The van der Waals surface area contributed by atoms with Crippen molar-refractivity contribution in [3.8, 4) is 11.5 Å². The number of rotatable bonds is 2. The van der Waals surface area contributed by atoms with Gasteiger partial charge in [-0.3, -0.25) is 0 Å². The largest absolute Gasteiger partial charge is 0.504 e. The first-order chi connectivity index (χ1) is 6.72. The maximum absolute atomic E-state index is 13.1. The van der Waals surface area contributed by atoms with E-state index in [0.717, 1.165) is 13.0 Å². The van der Waals surface area contributed by atoms with Gasteiger partial charge in [-0.15, -0.1) is 0 Å². The standard InChI is InChI=1S/C10H12FNO2/c1-14-9-5-6(11)4-7(10(9)13)8-2-3-12-8/h4-5,8,12-13H,2-3H2,1H3. The summed E-state index contributed by atoms with van der Waals surface area (Å²) >= 11 is 0. The minimum Gasteiger partial charge on any atom is -0.504 e. The van der Waals surface area contributed by atoms with Crippen LogP contribution in [0.1, 0.15) is 18.0 Å². The highest BCUT2D eigenvalue weighted by atomic mass is 19.1. The Morgan fingerprint density at radius 2 is 2.29 bits per heavy atom. The molecule has 1 saturated heterocycles. The van der Waals surface area contributed by atoms with Crippen LogP contribution in [-0.2, 0) is 0 Å². The molecule has 0 aliphatic carbocycles. The van der Waals surface area contributed by atoms with Crippen molar-refractivity contribution >= 4 is 0 Å². The van der Waals surface area contributed by atoms with Gasteiger partial charge in [-0.2, -0.15) is 0 Å². The van der Waals surface area contributed by atoms with Crippen LogP contribution in [0.2, 0.25) is 0 Å². The Hall–Kier alpha value is -1.29. The molecule has 1 atom stereocenters. The average molecular weight is 197 g/mol. The van der Waals surface area contributed by atoms with Crippen molar-refractivity contribution in [3.63, 3.8) is 0 Å². The lowest BCUT2D eigenvalue weighted by atomic mass is 9.96. The van der Waals surface area contributed by atoms with Crippen molar-refractivity contribution in [3.05, 3.63) is 23.5 Å². The fraction of sp³-hybridized carbons (Fsp3) is 0.400. The molecular formula is C10H12FNO2. The highest BCUT2D eigenvalue weighted by Crippen LogP contribution is 2.37. The number of hydrogen-bond donors (Lipinski definition) is 2. The van der Waals surface area contributed by atoms with Crippen LogP contribution < -0.4 is 10.1 Å². The van der Waals surface area contributed by atoms with Crippen LogP contribution >= 0.6 is 0 Å². The summed E-state index contributed by atoms with van der Waals surface area (Å²) in [5.74, 6) is -0.164. The first-order valence-electron chi connectivity index (χ1n) is 4.52. The number of methoxy groups -OCH3 is 1. The van der Waals surface area contributed by atoms with Crippen LogP contribution in [0.4, 0.5) is 4.39 Å². The van der Waals surface area contributed by atoms with E-state index in [1.807, 2.05) is 0 Å². The number of phenols is 1. The quantitative estimate of drug-likeness (QED) is 0.756. The van der Waals surface area contributed by atoms with Gasteiger partial charge in [0, 0.05) is 17.7 Å². The number of phenolic OH excluding ortho intramolecular Hbond substituents is 1. The van der Waals surface area contributed by atoms with E-state index in [9.17, 15) is 9.50 Å². The predicted octanol–water partition coefficient (Wildman–Crippen LogP) is 1.57. The zero-order valence-corrected chi connectivity index (χ0v) is 7.88. The number of aromatic hydroxyl groups is 1. The summed E-state index contributed by atoms with van der Waals surface area (Å²) in [5, 5.41) is 12.8. The SMILES string of the molecule is COc1cc(F)cc(C2CCN2)c1O. The second-order valence-electron chi connectivity index (χ2n) is 3.34. The van der Waals surface area contributed by atoms with E-state index in [4.69, 9.17) is 4.74 Å². The summed E-state index contributed by atoms with van der Waals surface area (Å²) in [5.41, 5.74) is 0.577. The Kier molecular flexibility index (Phi) is 2.29. The summed E-state index contributed by atoms with van der Waals surface area (Å²) in [7, 11) is 1.41. The minimum atomic E-state index is -0.386. The molecule has 3 nitrogen and oxygen atoms in total. The molecule has 1 aliphatic rings. The molecule has 1 heterocycles. The molecule has 0 amide bonds. The van der Waals surface area contributed by atoms with Crippen LogP contribution in [-0.4, -0.2) is 18.8 Å². The lowest BCUT2D eigenvalue weighted by Crippen LogP contribution is -2.35. The van der Waals surface area contributed by atoms with Gasteiger partial charge >= 0.3 is 0 Å². The van der Waals surface area contributed by atoms with E-state index in [2.05, 4.69) is 5.32 Å². The third-order valence-electron chi connectivity index (χ3n) is 2.49. The maximum atomic E-state index is 13.1. The number of halogens is 1. The molecule has 0 aromatic heterocycles. The van der Waals surface area contributed by atoms with Crippen molar-refractivity contribution in [1.29, 1.82) is 0 Å². The maximum Gasteiger partial charge on any atom is 0.163 e. The molecule has 1 fully saturated rings. The van der Waals surface area contributed by atoms with Crippen molar-refractivity contribution < 1.29 is 14.2 Å². The van der Waals surface area contributed by atoms with E-state index in [1.165, 1.54) is 19.2 Å². The number of ether oxygens (including phenoxy) is 1. The van der Waals surface area contributed by atoms with E-state index < -0.39 is 0 Å². The third-order valence-corrected chi connectivity index (χ3v) is 2.49. The summed E-state index contributed by atoms with van der Waals surface area (Å²) in [6, 6.07) is 2.58. The Labute approximate surface area is 81.5 Å². The monoisotopic (exact) mass is 197 g/mol. The normalized spacial score (nSPS) is 20.3. The van der Waals surface area contributed by atoms with Gasteiger partial charge in [0.1, 0.15) is 5.82 Å². The zero-order valence-electron chi connectivity index (χ0n) is 7.88. The molecule has 1 aliphatic heterocycles. The van der Waals surface area contributed by atoms with Gasteiger partial charge in [0.15, 0.2) is 11.5 Å². The Morgan fingerprint density at radius 3 is 2.79 bits per heavy atom. The van der Waals surface area contributed by atoms with Gasteiger partial charge in [-0.1, -0.05) is 0 Å². The van der Waals surface area contributed by atoms with Crippen molar-refractivity contribution in [2.24, 2.45) is 0 Å².